The van der Waals surface area contributed by atoms with E-state index in [0.717, 1.165) is 24.3 Å². The Balaban J connectivity index is 1.46. The van der Waals surface area contributed by atoms with Gasteiger partial charge < -0.3 is 15.2 Å². The first-order valence-electron chi connectivity index (χ1n) is 8.56. The molecule has 0 unspecified atom stereocenters. The average Bonchev–Trinajstić information content (AvgIpc) is 3.14. The van der Waals surface area contributed by atoms with E-state index in [4.69, 9.17) is 4.74 Å². The van der Waals surface area contributed by atoms with Crippen LogP contribution in [0.5, 0.6) is 5.75 Å². The molecular weight excluding hydrogens is 320 g/mol. The van der Waals surface area contributed by atoms with E-state index in [1.54, 1.807) is 6.20 Å². The molecule has 2 aromatic rings. The first kappa shape index (κ1) is 17.4. The van der Waals surface area contributed by atoms with Crippen LogP contribution in [0.1, 0.15) is 24.1 Å². The number of aryl methyl sites for hydroxylation is 2. The maximum atomic E-state index is 12.0. The largest absolute Gasteiger partial charge is 0.488 e. The maximum absolute atomic E-state index is 12.0. The molecule has 1 amide bonds. The summed E-state index contributed by atoms with van der Waals surface area (Å²) in [7, 11) is 0. The minimum Gasteiger partial charge on any atom is -0.488 e. The lowest BCUT2D eigenvalue weighted by Crippen LogP contribution is -2.38. The van der Waals surface area contributed by atoms with Crippen LogP contribution in [0.15, 0.2) is 30.5 Å². The van der Waals surface area contributed by atoms with Crippen molar-refractivity contribution >= 4 is 5.91 Å². The van der Waals surface area contributed by atoms with E-state index in [0.29, 0.717) is 6.54 Å². The lowest BCUT2D eigenvalue weighted by atomic mass is 10.1. The molecule has 134 valence electrons. The number of carbonyl (C=O) groups is 1. The number of hydrogen-bond acceptors (Lipinski definition) is 5. The fraction of sp³-hybridized carbons (Fsp3) is 0.500. The number of rotatable bonds is 6. The summed E-state index contributed by atoms with van der Waals surface area (Å²) in [4.78, 5) is 12.0. The third kappa shape index (κ3) is 4.57. The highest BCUT2D eigenvalue weighted by Crippen LogP contribution is 2.29. The molecule has 1 aliphatic carbocycles. The molecule has 1 saturated carbocycles. The van der Waals surface area contributed by atoms with Crippen LogP contribution in [-0.4, -0.2) is 44.8 Å². The minimum atomic E-state index is -0.588. The fourth-order valence-corrected chi connectivity index (χ4v) is 3.09. The van der Waals surface area contributed by atoms with Crippen LogP contribution in [0.4, 0.5) is 0 Å². The Morgan fingerprint density at radius 3 is 2.76 bits per heavy atom. The highest BCUT2D eigenvalue weighted by molar-refractivity contribution is 5.75. The molecule has 1 aromatic carbocycles. The van der Waals surface area contributed by atoms with Crippen LogP contribution in [0.25, 0.3) is 0 Å². The summed E-state index contributed by atoms with van der Waals surface area (Å²) in [6.07, 6.45) is 2.49. The van der Waals surface area contributed by atoms with Gasteiger partial charge in [0.2, 0.25) is 5.91 Å². The fourth-order valence-electron chi connectivity index (χ4n) is 3.09. The number of aliphatic hydroxyl groups is 1. The number of aliphatic hydroxyl groups excluding tert-OH is 1. The van der Waals surface area contributed by atoms with Crippen molar-refractivity contribution in [1.29, 1.82) is 0 Å². The monoisotopic (exact) mass is 344 g/mol. The molecular formula is C18H24N4O3. The average molecular weight is 344 g/mol. The first-order chi connectivity index (χ1) is 12.0. The molecule has 0 spiro atoms. The van der Waals surface area contributed by atoms with E-state index in [1.165, 1.54) is 10.2 Å². The van der Waals surface area contributed by atoms with Crippen molar-refractivity contribution in [1.82, 2.24) is 20.3 Å². The molecule has 0 aliphatic heterocycles. The van der Waals surface area contributed by atoms with Gasteiger partial charge in [-0.05, 0) is 38.8 Å². The SMILES string of the molecule is Cc1ccc(O[C@@H]2CC[C@H](CNC(=O)Cn3cc(C)nn3)[C@H]2O)cc1. The second-order valence-electron chi connectivity index (χ2n) is 6.66. The number of nitrogens with one attached hydrogen (secondary N) is 1. The number of aromatic nitrogens is 3. The van der Waals surface area contributed by atoms with Crippen molar-refractivity contribution in [2.75, 3.05) is 6.54 Å². The molecule has 1 heterocycles. The van der Waals surface area contributed by atoms with E-state index < -0.39 is 6.10 Å². The number of carbonyl (C=O) groups excluding carboxylic acids is 1. The van der Waals surface area contributed by atoms with Crippen molar-refractivity contribution in [3.8, 4) is 5.75 Å². The van der Waals surface area contributed by atoms with E-state index >= 15 is 0 Å². The number of hydrogen-bond donors (Lipinski definition) is 2. The van der Waals surface area contributed by atoms with Gasteiger partial charge in [-0.15, -0.1) is 5.10 Å². The molecule has 7 heteroatoms. The van der Waals surface area contributed by atoms with E-state index in [-0.39, 0.29) is 24.5 Å². The van der Waals surface area contributed by atoms with Gasteiger partial charge in [0.05, 0.1) is 11.8 Å². The Kier molecular flexibility index (Phi) is 5.33. The van der Waals surface area contributed by atoms with Gasteiger partial charge in [0.15, 0.2) is 0 Å². The van der Waals surface area contributed by atoms with Gasteiger partial charge in [-0.25, -0.2) is 4.68 Å². The number of benzene rings is 1. The third-order valence-electron chi connectivity index (χ3n) is 4.51. The summed E-state index contributed by atoms with van der Waals surface area (Å²) >= 11 is 0. The van der Waals surface area contributed by atoms with Crippen LogP contribution < -0.4 is 10.1 Å². The summed E-state index contributed by atoms with van der Waals surface area (Å²) in [5.41, 5.74) is 1.94. The lowest BCUT2D eigenvalue weighted by Gasteiger charge is -2.21. The highest BCUT2D eigenvalue weighted by Gasteiger charge is 2.36. The van der Waals surface area contributed by atoms with Gasteiger partial charge in [0.25, 0.3) is 0 Å². The Hall–Kier alpha value is -2.41. The van der Waals surface area contributed by atoms with Crippen molar-refractivity contribution in [3.05, 3.63) is 41.7 Å². The lowest BCUT2D eigenvalue weighted by molar-refractivity contribution is -0.122. The molecule has 1 aromatic heterocycles. The Morgan fingerprint density at radius 2 is 2.08 bits per heavy atom. The predicted octanol–water partition coefficient (Wildman–Crippen LogP) is 1.23. The van der Waals surface area contributed by atoms with Gasteiger partial charge in [0.1, 0.15) is 18.4 Å². The van der Waals surface area contributed by atoms with Crippen molar-refractivity contribution in [2.24, 2.45) is 5.92 Å². The zero-order valence-electron chi connectivity index (χ0n) is 14.6. The quantitative estimate of drug-likeness (QED) is 0.823. The molecule has 0 bridgehead atoms. The Morgan fingerprint density at radius 1 is 1.32 bits per heavy atom. The molecule has 1 aliphatic rings. The highest BCUT2D eigenvalue weighted by atomic mass is 16.5. The Labute approximate surface area is 147 Å². The zero-order valence-corrected chi connectivity index (χ0v) is 14.6. The van der Waals surface area contributed by atoms with Crippen LogP contribution in [-0.2, 0) is 11.3 Å². The third-order valence-corrected chi connectivity index (χ3v) is 4.51. The van der Waals surface area contributed by atoms with Crippen LogP contribution in [0.3, 0.4) is 0 Å². The van der Waals surface area contributed by atoms with Gasteiger partial charge in [-0.2, -0.15) is 0 Å². The van der Waals surface area contributed by atoms with Crippen LogP contribution in [0, 0.1) is 19.8 Å². The van der Waals surface area contributed by atoms with Gasteiger partial charge in [-0.1, -0.05) is 22.9 Å². The molecule has 2 N–H and O–H groups in total. The van der Waals surface area contributed by atoms with E-state index in [9.17, 15) is 9.90 Å². The molecule has 25 heavy (non-hydrogen) atoms. The predicted molar refractivity (Wildman–Crippen MR) is 92.1 cm³/mol. The second kappa shape index (κ2) is 7.65. The van der Waals surface area contributed by atoms with Gasteiger partial charge >= 0.3 is 0 Å². The normalized spacial score (nSPS) is 22.8. The summed E-state index contributed by atoms with van der Waals surface area (Å²) in [6, 6.07) is 7.80. The number of amides is 1. The number of ether oxygens (including phenoxy) is 1. The summed E-state index contributed by atoms with van der Waals surface area (Å²) in [6.45, 7) is 4.41. The van der Waals surface area contributed by atoms with Crippen LogP contribution >= 0.6 is 0 Å². The minimum absolute atomic E-state index is 0.00289. The van der Waals surface area contributed by atoms with Crippen molar-refractivity contribution < 1.29 is 14.6 Å². The van der Waals surface area contributed by atoms with E-state index in [1.807, 2.05) is 38.1 Å². The van der Waals surface area contributed by atoms with E-state index in [2.05, 4.69) is 15.6 Å². The van der Waals surface area contributed by atoms with Crippen molar-refractivity contribution in [3.63, 3.8) is 0 Å². The number of nitrogens with zero attached hydrogens (tertiary/aromatic N) is 3. The Bertz CT molecular complexity index is 713. The van der Waals surface area contributed by atoms with Gasteiger partial charge in [-0.3, -0.25) is 4.79 Å². The molecule has 0 radical (unpaired) electrons. The molecule has 3 atom stereocenters. The summed E-state index contributed by atoms with van der Waals surface area (Å²) in [5.74, 6) is 0.623. The second-order valence-corrected chi connectivity index (χ2v) is 6.66. The maximum Gasteiger partial charge on any atom is 0.241 e. The summed E-state index contributed by atoms with van der Waals surface area (Å²) in [5, 5.41) is 21.0. The topological polar surface area (TPSA) is 89.3 Å². The standard InChI is InChI=1S/C18H24N4O3/c1-12-3-6-15(7-4-12)25-16-8-5-14(18(16)24)9-19-17(23)11-22-10-13(2)20-21-22/h3-4,6-7,10,14,16,18,24H,5,8-9,11H2,1-2H3,(H,19,23)/t14-,16-,18-/m1/s1. The van der Waals surface area contributed by atoms with Crippen LogP contribution in [0.2, 0.25) is 0 Å². The molecule has 7 nitrogen and oxygen atoms in total. The molecule has 1 fully saturated rings. The van der Waals surface area contributed by atoms with Gasteiger partial charge in [0, 0.05) is 18.7 Å². The molecule has 3 rings (SSSR count). The first-order valence-corrected chi connectivity index (χ1v) is 8.56. The zero-order chi connectivity index (χ0) is 17.8. The van der Waals surface area contributed by atoms with Crippen molar-refractivity contribution in [2.45, 2.75) is 45.4 Å². The summed E-state index contributed by atoms with van der Waals surface area (Å²) < 4.78 is 7.39. The molecule has 0 saturated heterocycles. The smallest absolute Gasteiger partial charge is 0.241 e.